The van der Waals surface area contributed by atoms with E-state index in [9.17, 15) is 14.7 Å². The van der Waals surface area contributed by atoms with Crippen LogP contribution >= 0.6 is 11.8 Å². The molecule has 2 rings (SSSR count). The number of carboxylic acid groups (broad SMARTS) is 1. The van der Waals surface area contributed by atoms with Crippen molar-refractivity contribution in [2.75, 3.05) is 5.32 Å². The van der Waals surface area contributed by atoms with Gasteiger partial charge in [-0.15, -0.1) is 11.8 Å². The quantitative estimate of drug-likeness (QED) is 0.796. The van der Waals surface area contributed by atoms with Gasteiger partial charge in [-0.1, -0.05) is 12.1 Å². The highest BCUT2D eigenvalue weighted by molar-refractivity contribution is 8.01. The summed E-state index contributed by atoms with van der Waals surface area (Å²) in [4.78, 5) is 22.2. The van der Waals surface area contributed by atoms with E-state index in [0.29, 0.717) is 0 Å². The van der Waals surface area contributed by atoms with E-state index in [1.807, 2.05) is 38.1 Å². The summed E-state index contributed by atoms with van der Waals surface area (Å²) in [5, 5.41) is 15.0. The minimum atomic E-state index is -0.833. The first-order chi connectivity index (χ1) is 9.29. The molecule has 3 N–H and O–H groups in total. The lowest BCUT2D eigenvalue weighted by Gasteiger charge is -2.20. The highest BCUT2D eigenvalue weighted by Gasteiger charge is 2.45. The Kier molecular flexibility index (Phi) is 4.06. The SMILES string of the molecule is CC(=O)Nc1ccc(C2NC(C(=O)O)C(C)(C)S2)cc1. The number of hydrogen-bond donors (Lipinski definition) is 3. The van der Waals surface area contributed by atoms with E-state index in [1.165, 1.54) is 6.92 Å². The lowest BCUT2D eigenvalue weighted by molar-refractivity contribution is -0.139. The van der Waals surface area contributed by atoms with Gasteiger partial charge in [0, 0.05) is 17.4 Å². The topological polar surface area (TPSA) is 78.4 Å². The van der Waals surface area contributed by atoms with E-state index < -0.39 is 12.0 Å². The number of amides is 1. The third kappa shape index (κ3) is 3.13. The first kappa shape index (κ1) is 14.9. The number of carboxylic acids is 1. The number of anilines is 1. The van der Waals surface area contributed by atoms with Gasteiger partial charge in [0.1, 0.15) is 6.04 Å². The van der Waals surface area contributed by atoms with Gasteiger partial charge in [0.15, 0.2) is 0 Å². The van der Waals surface area contributed by atoms with E-state index in [0.717, 1.165) is 11.3 Å². The first-order valence-electron chi connectivity index (χ1n) is 6.34. The van der Waals surface area contributed by atoms with Crippen LogP contribution in [-0.2, 0) is 9.59 Å². The van der Waals surface area contributed by atoms with Crippen molar-refractivity contribution in [2.45, 2.75) is 36.9 Å². The van der Waals surface area contributed by atoms with Crippen molar-refractivity contribution < 1.29 is 14.7 Å². The monoisotopic (exact) mass is 294 g/mol. The van der Waals surface area contributed by atoms with Gasteiger partial charge in [-0.25, -0.2) is 0 Å². The van der Waals surface area contributed by atoms with Gasteiger partial charge in [-0.05, 0) is 31.5 Å². The van der Waals surface area contributed by atoms with Crippen molar-refractivity contribution in [2.24, 2.45) is 0 Å². The van der Waals surface area contributed by atoms with Gasteiger partial charge in [0.25, 0.3) is 0 Å². The fourth-order valence-corrected chi connectivity index (χ4v) is 3.65. The Bertz CT molecular complexity index is 528. The molecule has 108 valence electrons. The molecule has 2 unspecified atom stereocenters. The molecular formula is C14H18N2O3S. The van der Waals surface area contributed by atoms with E-state index in [4.69, 9.17) is 0 Å². The van der Waals surface area contributed by atoms with Gasteiger partial charge in [-0.2, -0.15) is 0 Å². The van der Waals surface area contributed by atoms with E-state index in [2.05, 4.69) is 10.6 Å². The van der Waals surface area contributed by atoms with Crippen molar-refractivity contribution in [1.29, 1.82) is 0 Å². The van der Waals surface area contributed by atoms with Gasteiger partial charge in [-0.3, -0.25) is 14.9 Å². The summed E-state index contributed by atoms with van der Waals surface area (Å²) in [5.41, 5.74) is 1.74. The predicted molar refractivity (Wildman–Crippen MR) is 79.7 cm³/mol. The Labute approximate surface area is 122 Å². The number of hydrogen-bond acceptors (Lipinski definition) is 4. The molecule has 0 radical (unpaired) electrons. The molecule has 1 aliphatic rings. The third-order valence-electron chi connectivity index (χ3n) is 3.22. The van der Waals surface area contributed by atoms with Crippen LogP contribution in [0.5, 0.6) is 0 Å². The van der Waals surface area contributed by atoms with Crippen molar-refractivity contribution in [3.8, 4) is 0 Å². The fourth-order valence-electron chi connectivity index (χ4n) is 2.24. The number of thioether (sulfide) groups is 1. The minimum Gasteiger partial charge on any atom is -0.480 e. The number of aliphatic carboxylic acids is 1. The van der Waals surface area contributed by atoms with Crippen LogP contribution in [0.15, 0.2) is 24.3 Å². The van der Waals surface area contributed by atoms with Gasteiger partial charge < -0.3 is 10.4 Å². The number of benzene rings is 1. The Hall–Kier alpha value is -1.53. The average Bonchev–Trinajstić information content (AvgIpc) is 2.65. The standard InChI is InChI=1S/C14H18N2O3S/c1-8(17)15-10-6-4-9(5-7-10)12-16-11(13(18)19)14(2,3)20-12/h4-7,11-12,16H,1-3H3,(H,15,17)(H,18,19). The molecule has 20 heavy (non-hydrogen) atoms. The molecule has 1 heterocycles. The van der Waals surface area contributed by atoms with Crippen molar-refractivity contribution in [3.05, 3.63) is 29.8 Å². The van der Waals surface area contributed by atoms with Gasteiger partial charge in [0.2, 0.25) is 5.91 Å². The Morgan fingerprint density at radius 3 is 2.35 bits per heavy atom. The van der Waals surface area contributed by atoms with Crippen molar-refractivity contribution in [3.63, 3.8) is 0 Å². The first-order valence-corrected chi connectivity index (χ1v) is 7.22. The summed E-state index contributed by atoms with van der Waals surface area (Å²) in [6.07, 6.45) is 0. The summed E-state index contributed by atoms with van der Waals surface area (Å²) in [7, 11) is 0. The summed E-state index contributed by atoms with van der Waals surface area (Å²) >= 11 is 1.60. The summed E-state index contributed by atoms with van der Waals surface area (Å²) in [6, 6.07) is 6.86. The molecule has 1 fully saturated rings. The normalized spacial score (nSPS) is 24.4. The molecule has 0 aliphatic carbocycles. The second-order valence-electron chi connectivity index (χ2n) is 5.34. The zero-order chi connectivity index (χ0) is 14.9. The number of carbonyl (C=O) groups excluding carboxylic acids is 1. The number of carbonyl (C=O) groups is 2. The maximum absolute atomic E-state index is 11.2. The van der Waals surface area contributed by atoms with Gasteiger partial charge in [0.05, 0.1) is 5.37 Å². The Morgan fingerprint density at radius 2 is 1.90 bits per heavy atom. The maximum Gasteiger partial charge on any atom is 0.322 e. The second-order valence-corrected chi connectivity index (χ2v) is 7.10. The molecule has 0 aromatic heterocycles. The molecule has 2 atom stereocenters. The summed E-state index contributed by atoms with van der Waals surface area (Å²) < 4.78 is -0.368. The number of nitrogens with one attached hydrogen (secondary N) is 2. The third-order valence-corrected chi connectivity index (χ3v) is 4.70. The number of rotatable bonds is 3. The van der Waals surface area contributed by atoms with Crippen LogP contribution in [0.25, 0.3) is 0 Å². The minimum absolute atomic E-state index is 0.0579. The molecule has 1 aromatic rings. The zero-order valence-electron chi connectivity index (χ0n) is 11.6. The summed E-state index contributed by atoms with van der Waals surface area (Å²) in [5.74, 6) is -0.946. The highest BCUT2D eigenvalue weighted by atomic mass is 32.2. The molecule has 1 saturated heterocycles. The molecule has 6 heteroatoms. The van der Waals surface area contributed by atoms with Crippen LogP contribution in [0.4, 0.5) is 5.69 Å². The lowest BCUT2D eigenvalue weighted by atomic mass is 10.0. The Morgan fingerprint density at radius 1 is 1.30 bits per heavy atom. The smallest absolute Gasteiger partial charge is 0.322 e. The second kappa shape index (κ2) is 5.46. The van der Waals surface area contributed by atoms with Crippen molar-refractivity contribution >= 4 is 29.3 Å². The molecule has 5 nitrogen and oxygen atoms in total. The Balaban J connectivity index is 2.13. The predicted octanol–water partition coefficient (Wildman–Crippen LogP) is 2.21. The molecule has 0 saturated carbocycles. The van der Waals surface area contributed by atoms with Crippen LogP contribution in [0.2, 0.25) is 0 Å². The van der Waals surface area contributed by atoms with E-state index in [1.54, 1.807) is 11.8 Å². The average molecular weight is 294 g/mol. The van der Waals surface area contributed by atoms with E-state index >= 15 is 0 Å². The lowest BCUT2D eigenvalue weighted by Crippen LogP contribution is -2.43. The molecule has 1 aliphatic heterocycles. The zero-order valence-corrected chi connectivity index (χ0v) is 12.5. The molecule has 0 spiro atoms. The van der Waals surface area contributed by atoms with Crippen LogP contribution in [0.1, 0.15) is 31.7 Å². The van der Waals surface area contributed by atoms with Crippen LogP contribution in [0.3, 0.4) is 0 Å². The van der Waals surface area contributed by atoms with E-state index in [-0.39, 0.29) is 16.0 Å². The van der Waals surface area contributed by atoms with Gasteiger partial charge >= 0.3 is 5.97 Å². The maximum atomic E-state index is 11.2. The van der Waals surface area contributed by atoms with Crippen LogP contribution in [-0.4, -0.2) is 27.8 Å². The van der Waals surface area contributed by atoms with Crippen LogP contribution in [0, 0.1) is 0 Å². The molecular weight excluding hydrogens is 276 g/mol. The highest BCUT2D eigenvalue weighted by Crippen LogP contribution is 2.45. The fraction of sp³-hybridized carbons (Fsp3) is 0.429. The molecule has 1 aromatic carbocycles. The summed E-state index contributed by atoms with van der Waals surface area (Å²) in [6.45, 7) is 5.31. The van der Waals surface area contributed by atoms with Crippen LogP contribution < -0.4 is 10.6 Å². The van der Waals surface area contributed by atoms with Crippen molar-refractivity contribution in [1.82, 2.24) is 5.32 Å². The molecule has 1 amide bonds. The molecule has 0 bridgehead atoms. The largest absolute Gasteiger partial charge is 0.480 e.